The van der Waals surface area contributed by atoms with Crippen molar-refractivity contribution in [2.24, 2.45) is 0 Å². The number of carbonyl (C=O) groups is 1. The van der Waals surface area contributed by atoms with E-state index in [0.717, 1.165) is 11.1 Å². The summed E-state index contributed by atoms with van der Waals surface area (Å²) in [6.45, 7) is -0.250. The molecule has 0 saturated carbocycles. The zero-order valence-corrected chi connectivity index (χ0v) is 9.91. The molecule has 0 aliphatic heterocycles. The lowest BCUT2D eigenvalue weighted by molar-refractivity contribution is -0.122. The van der Waals surface area contributed by atoms with Crippen molar-refractivity contribution in [3.05, 3.63) is 48.5 Å². The minimum Gasteiger partial charge on any atom is -0.504 e. The highest BCUT2D eigenvalue weighted by Gasteiger charge is 2.07. The van der Waals surface area contributed by atoms with E-state index in [1.807, 2.05) is 42.5 Å². The average Bonchev–Trinajstić information content (AvgIpc) is 2.41. The van der Waals surface area contributed by atoms with E-state index in [-0.39, 0.29) is 12.2 Å². The van der Waals surface area contributed by atoms with Crippen molar-refractivity contribution in [1.82, 2.24) is 0 Å². The molecule has 0 bridgehead atoms. The fourth-order valence-electron chi connectivity index (χ4n) is 1.54. The Labute approximate surface area is 105 Å². The lowest BCUT2D eigenvalue weighted by Gasteiger charge is -2.08. The van der Waals surface area contributed by atoms with Gasteiger partial charge < -0.3 is 14.9 Å². The first-order valence-corrected chi connectivity index (χ1v) is 5.23. The summed E-state index contributed by atoms with van der Waals surface area (Å²) >= 11 is 0. The molecule has 2 rings (SSSR count). The predicted molar refractivity (Wildman–Crippen MR) is 68.8 cm³/mol. The lowest BCUT2D eigenvalue weighted by atomic mass is 10.0. The van der Waals surface area contributed by atoms with Crippen molar-refractivity contribution < 1.29 is 19.7 Å². The summed E-state index contributed by atoms with van der Waals surface area (Å²) < 4.78 is 5.06. The summed E-state index contributed by atoms with van der Waals surface area (Å²) in [7, 11) is 1.55. The van der Waals surface area contributed by atoms with E-state index in [9.17, 15) is 5.11 Å². The number of hydrogen-bond acceptors (Lipinski definition) is 3. The van der Waals surface area contributed by atoms with Crippen molar-refractivity contribution in [3.8, 4) is 22.6 Å². The molecule has 0 radical (unpaired) electrons. The van der Waals surface area contributed by atoms with Crippen LogP contribution in [-0.4, -0.2) is 23.8 Å². The van der Waals surface area contributed by atoms with Crippen LogP contribution in [0.1, 0.15) is 0 Å². The third kappa shape index (κ3) is 3.25. The summed E-state index contributed by atoms with van der Waals surface area (Å²) in [6, 6.07) is 15.2. The smallest absolute Gasteiger partial charge is 0.290 e. The summed E-state index contributed by atoms with van der Waals surface area (Å²) in [4.78, 5) is 8.36. The predicted octanol–water partition coefficient (Wildman–Crippen LogP) is 2.77. The largest absolute Gasteiger partial charge is 0.504 e. The Hall–Kier alpha value is -2.49. The van der Waals surface area contributed by atoms with E-state index >= 15 is 0 Å². The van der Waals surface area contributed by atoms with E-state index in [0.29, 0.717) is 5.75 Å². The second-order valence-electron chi connectivity index (χ2n) is 3.33. The van der Waals surface area contributed by atoms with Crippen molar-refractivity contribution in [3.63, 3.8) is 0 Å². The molecule has 2 aromatic rings. The number of hydrogen-bond donors (Lipinski definition) is 2. The fraction of sp³-hybridized carbons (Fsp3) is 0.0714. The first kappa shape index (κ1) is 13.6. The number of para-hydroxylation sites is 1. The molecule has 0 spiro atoms. The third-order valence-corrected chi connectivity index (χ3v) is 2.30. The van der Waals surface area contributed by atoms with Crippen LogP contribution in [0.2, 0.25) is 0 Å². The maximum Gasteiger partial charge on any atom is 0.290 e. The first-order valence-electron chi connectivity index (χ1n) is 5.23. The number of methoxy groups -OCH3 is 1. The number of phenols is 1. The van der Waals surface area contributed by atoms with Crippen LogP contribution in [0.5, 0.6) is 11.5 Å². The topological polar surface area (TPSA) is 66.8 Å². The Morgan fingerprint density at radius 1 is 1.06 bits per heavy atom. The molecular formula is C14H14O4. The molecule has 0 saturated heterocycles. The van der Waals surface area contributed by atoms with Crippen LogP contribution in [0.3, 0.4) is 0 Å². The van der Waals surface area contributed by atoms with Crippen LogP contribution in [0.25, 0.3) is 11.1 Å². The van der Waals surface area contributed by atoms with Crippen molar-refractivity contribution in [2.75, 3.05) is 7.11 Å². The maximum atomic E-state index is 9.92. The van der Waals surface area contributed by atoms with Gasteiger partial charge in [0.25, 0.3) is 6.47 Å². The van der Waals surface area contributed by atoms with Crippen LogP contribution in [0, 0.1) is 0 Å². The zero-order chi connectivity index (χ0) is 13.4. The minimum atomic E-state index is -0.250. The number of benzene rings is 2. The molecule has 0 amide bonds. The molecule has 18 heavy (non-hydrogen) atoms. The second kappa shape index (κ2) is 6.96. The maximum absolute atomic E-state index is 9.92. The number of aromatic hydroxyl groups is 1. The Morgan fingerprint density at radius 2 is 1.67 bits per heavy atom. The summed E-state index contributed by atoms with van der Waals surface area (Å²) in [5, 5.41) is 16.8. The van der Waals surface area contributed by atoms with Gasteiger partial charge in [0.05, 0.1) is 7.11 Å². The third-order valence-electron chi connectivity index (χ3n) is 2.30. The van der Waals surface area contributed by atoms with E-state index in [4.69, 9.17) is 14.6 Å². The number of ether oxygens (including phenoxy) is 1. The SMILES string of the molecule is COc1cccc(-c2ccccc2)c1O.O=CO. The average molecular weight is 246 g/mol. The van der Waals surface area contributed by atoms with Crippen molar-refractivity contribution >= 4 is 6.47 Å². The van der Waals surface area contributed by atoms with Crippen LogP contribution >= 0.6 is 0 Å². The van der Waals surface area contributed by atoms with Crippen molar-refractivity contribution in [1.29, 1.82) is 0 Å². The van der Waals surface area contributed by atoms with Gasteiger partial charge in [-0.05, 0) is 11.6 Å². The highest BCUT2D eigenvalue weighted by atomic mass is 16.5. The standard InChI is InChI=1S/C13H12O2.CH2O2/c1-15-12-9-5-8-11(13(12)14)10-6-3-2-4-7-10;2-1-3/h2-9,14H,1H3;1H,(H,2,3). The Bertz CT molecular complexity index is 494. The molecular weight excluding hydrogens is 232 g/mol. The van der Waals surface area contributed by atoms with Crippen LogP contribution in [0.15, 0.2) is 48.5 Å². The fourth-order valence-corrected chi connectivity index (χ4v) is 1.54. The van der Waals surface area contributed by atoms with Gasteiger partial charge in [-0.3, -0.25) is 4.79 Å². The molecule has 0 atom stereocenters. The molecule has 4 heteroatoms. The van der Waals surface area contributed by atoms with E-state index in [1.54, 1.807) is 13.2 Å². The molecule has 2 N–H and O–H groups in total. The quantitative estimate of drug-likeness (QED) is 0.799. The van der Waals surface area contributed by atoms with Crippen LogP contribution in [-0.2, 0) is 4.79 Å². The van der Waals surface area contributed by atoms with Gasteiger partial charge in [0, 0.05) is 5.56 Å². The minimum absolute atomic E-state index is 0.186. The zero-order valence-electron chi connectivity index (χ0n) is 9.91. The number of rotatable bonds is 2. The monoisotopic (exact) mass is 246 g/mol. The van der Waals surface area contributed by atoms with E-state index < -0.39 is 0 Å². The Kier molecular flexibility index (Phi) is 5.25. The van der Waals surface area contributed by atoms with Gasteiger partial charge >= 0.3 is 0 Å². The van der Waals surface area contributed by atoms with Crippen LogP contribution < -0.4 is 4.74 Å². The van der Waals surface area contributed by atoms with Gasteiger partial charge in [0.15, 0.2) is 11.5 Å². The Morgan fingerprint density at radius 3 is 2.22 bits per heavy atom. The van der Waals surface area contributed by atoms with Gasteiger partial charge in [-0.25, -0.2) is 0 Å². The lowest BCUT2D eigenvalue weighted by Crippen LogP contribution is -1.85. The highest BCUT2D eigenvalue weighted by Crippen LogP contribution is 2.36. The van der Waals surface area contributed by atoms with Gasteiger partial charge in [-0.15, -0.1) is 0 Å². The van der Waals surface area contributed by atoms with Gasteiger partial charge in [-0.1, -0.05) is 42.5 Å². The molecule has 94 valence electrons. The van der Waals surface area contributed by atoms with E-state index in [2.05, 4.69) is 0 Å². The number of carboxylic acid groups (broad SMARTS) is 1. The second-order valence-corrected chi connectivity index (χ2v) is 3.33. The molecule has 0 aliphatic carbocycles. The Balaban J connectivity index is 0.000000492. The molecule has 0 heterocycles. The van der Waals surface area contributed by atoms with Gasteiger partial charge in [-0.2, -0.15) is 0 Å². The molecule has 0 fully saturated rings. The summed E-state index contributed by atoms with van der Waals surface area (Å²) in [5.41, 5.74) is 1.77. The normalized spacial score (nSPS) is 8.94. The van der Waals surface area contributed by atoms with Crippen LogP contribution in [0.4, 0.5) is 0 Å². The van der Waals surface area contributed by atoms with Gasteiger partial charge in [0.1, 0.15) is 0 Å². The van der Waals surface area contributed by atoms with Crippen molar-refractivity contribution in [2.45, 2.75) is 0 Å². The molecule has 4 nitrogen and oxygen atoms in total. The molecule has 0 aromatic heterocycles. The summed E-state index contributed by atoms with van der Waals surface area (Å²) in [6.07, 6.45) is 0. The molecule has 0 unspecified atom stereocenters. The molecule has 2 aromatic carbocycles. The van der Waals surface area contributed by atoms with E-state index in [1.165, 1.54) is 0 Å². The van der Waals surface area contributed by atoms with Gasteiger partial charge in [0.2, 0.25) is 0 Å². The molecule has 0 aliphatic rings. The highest BCUT2D eigenvalue weighted by molar-refractivity contribution is 5.73. The summed E-state index contributed by atoms with van der Waals surface area (Å²) in [5.74, 6) is 0.683. The number of phenolic OH excluding ortho intramolecular Hbond substituents is 1. The first-order chi connectivity index (χ1) is 8.74.